The van der Waals surface area contributed by atoms with Crippen LogP contribution in [-0.2, 0) is 4.79 Å². The Labute approximate surface area is 117 Å². The molecule has 0 amide bonds. The zero-order chi connectivity index (χ0) is 14.5. The van der Waals surface area contributed by atoms with Gasteiger partial charge in [-0.1, -0.05) is 54.6 Å². The maximum absolute atomic E-state index is 12.0. The van der Waals surface area contributed by atoms with E-state index in [1.54, 1.807) is 12.1 Å². The molecule has 0 aliphatic rings. The summed E-state index contributed by atoms with van der Waals surface area (Å²) in [4.78, 5) is 23.0. The van der Waals surface area contributed by atoms with Gasteiger partial charge in [0, 0.05) is 5.56 Å². The van der Waals surface area contributed by atoms with Gasteiger partial charge in [0.2, 0.25) is 0 Å². The Balaban J connectivity index is 2.24. The number of Topliss-reactive ketones (excluding diaryl/α,β-unsaturated/α-hetero) is 1. The number of rotatable bonds is 5. The van der Waals surface area contributed by atoms with Crippen LogP contribution >= 0.6 is 0 Å². The molecular formula is C16H15NO3. The Hall–Kier alpha value is -2.46. The molecule has 4 heteroatoms. The number of hydrogen-bond donors (Lipinski definition) is 2. The van der Waals surface area contributed by atoms with E-state index in [0.717, 1.165) is 11.1 Å². The van der Waals surface area contributed by atoms with Crippen LogP contribution in [0.5, 0.6) is 0 Å². The van der Waals surface area contributed by atoms with Crippen LogP contribution in [0.3, 0.4) is 0 Å². The van der Waals surface area contributed by atoms with Crippen molar-refractivity contribution in [3.63, 3.8) is 0 Å². The minimum atomic E-state index is -1.21. The van der Waals surface area contributed by atoms with Crippen molar-refractivity contribution in [2.24, 2.45) is 0 Å². The molecule has 0 aliphatic heterocycles. The van der Waals surface area contributed by atoms with Gasteiger partial charge in [-0.3, -0.25) is 9.59 Å². The Morgan fingerprint density at radius 3 is 2.00 bits per heavy atom. The summed E-state index contributed by atoms with van der Waals surface area (Å²) in [5.74, 6) is -1.62. The molecular weight excluding hydrogens is 254 g/mol. The van der Waals surface area contributed by atoms with E-state index in [1.165, 1.54) is 7.05 Å². The number of hydrogen-bond acceptors (Lipinski definition) is 3. The number of nitrogens with one attached hydrogen (secondary N) is 1. The number of ketones is 1. The predicted octanol–water partition coefficient (Wildman–Crippen LogP) is 2.21. The van der Waals surface area contributed by atoms with Crippen LogP contribution < -0.4 is 5.32 Å². The minimum Gasteiger partial charge on any atom is -0.480 e. The average molecular weight is 269 g/mol. The van der Waals surface area contributed by atoms with Crippen LogP contribution in [0.15, 0.2) is 54.6 Å². The standard InChI is InChI=1S/C16H15NO3/c1-17-14(16(19)20)15(18)13-9-7-12(8-10-13)11-5-3-2-4-6-11/h2-10,14,17H,1H3,(H,19,20). The summed E-state index contributed by atoms with van der Waals surface area (Å²) in [6.07, 6.45) is 0. The van der Waals surface area contributed by atoms with Gasteiger partial charge in [-0.2, -0.15) is 0 Å². The maximum atomic E-state index is 12.0. The van der Waals surface area contributed by atoms with Gasteiger partial charge in [0.15, 0.2) is 11.8 Å². The van der Waals surface area contributed by atoms with Crippen LogP contribution in [0.25, 0.3) is 11.1 Å². The van der Waals surface area contributed by atoms with Crippen LogP contribution in [0, 0.1) is 0 Å². The van der Waals surface area contributed by atoms with Crippen molar-refractivity contribution in [3.05, 3.63) is 60.2 Å². The molecule has 20 heavy (non-hydrogen) atoms. The fourth-order valence-corrected chi connectivity index (χ4v) is 1.99. The van der Waals surface area contributed by atoms with Gasteiger partial charge in [0.05, 0.1) is 0 Å². The molecule has 0 aliphatic carbocycles. The molecule has 0 heterocycles. The number of carboxylic acids is 1. The molecule has 0 spiro atoms. The monoisotopic (exact) mass is 269 g/mol. The molecule has 0 saturated heterocycles. The van der Waals surface area contributed by atoms with E-state index in [9.17, 15) is 9.59 Å². The van der Waals surface area contributed by atoms with Crippen molar-refractivity contribution in [1.29, 1.82) is 0 Å². The second-order valence-electron chi connectivity index (χ2n) is 4.37. The van der Waals surface area contributed by atoms with E-state index < -0.39 is 17.8 Å². The van der Waals surface area contributed by atoms with Crippen molar-refractivity contribution in [1.82, 2.24) is 5.32 Å². The Bertz CT molecular complexity index is 605. The lowest BCUT2D eigenvalue weighted by molar-refractivity contribution is -0.137. The SMILES string of the molecule is CNC(C(=O)O)C(=O)c1ccc(-c2ccccc2)cc1. The van der Waals surface area contributed by atoms with Gasteiger partial charge < -0.3 is 10.4 Å². The molecule has 102 valence electrons. The second kappa shape index (κ2) is 6.12. The van der Waals surface area contributed by atoms with Crippen molar-refractivity contribution < 1.29 is 14.7 Å². The summed E-state index contributed by atoms with van der Waals surface area (Å²) in [6.45, 7) is 0. The van der Waals surface area contributed by atoms with E-state index in [0.29, 0.717) is 5.56 Å². The first kappa shape index (κ1) is 14.0. The third kappa shape index (κ3) is 2.92. The van der Waals surface area contributed by atoms with Gasteiger partial charge >= 0.3 is 5.97 Å². The average Bonchev–Trinajstić information content (AvgIpc) is 2.48. The molecule has 0 radical (unpaired) electrons. The van der Waals surface area contributed by atoms with Crippen LogP contribution in [-0.4, -0.2) is 29.9 Å². The van der Waals surface area contributed by atoms with E-state index in [2.05, 4.69) is 5.32 Å². The topological polar surface area (TPSA) is 66.4 Å². The van der Waals surface area contributed by atoms with Gasteiger partial charge in [-0.05, 0) is 18.2 Å². The van der Waals surface area contributed by atoms with E-state index >= 15 is 0 Å². The molecule has 2 aromatic rings. The van der Waals surface area contributed by atoms with Crippen LogP contribution in [0.4, 0.5) is 0 Å². The van der Waals surface area contributed by atoms with E-state index in [1.807, 2.05) is 42.5 Å². The molecule has 0 aromatic heterocycles. The van der Waals surface area contributed by atoms with Crippen molar-refractivity contribution in [3.8, 4) is 11.1 Å². The fourth-order valence-electron chi connectivity index (χ4n) is 1.99. The number of carboxylic acid groups (broad SMARTS) is 1. The number of likely N-dealkylation sites (N-methyl/N-ethyl adjacent to an activating group) is 1. The normalized spacial score (nSPS) is 11.8. The Morgan fingerprint density at radius 2 is 1.50 bits per heavy atom. The first-order valence-corrected chi connectivity index (χ1v) is 6.23. The lowest BCUT2D eigenvalue weighted by Crippen LogP contribution is -2.41. The highest BCUT2D eigenvalue weighted by molar-refractivity contribution is 6.11. The van der Waals surface area contributed by atoms with E-state index in [-0.39, 0.29) is 0 Å². The first-order valence-electron chi connectivity index (χ1n) is 6.23. The summed E-state index contributed by atoms with van der Waals surface area (Å²) < 4.78 is 0. The predicted molar refractivity (Wildman–Crippen MR) is 76.7 cm³/mol. The molecule has 4 nitrogen and oxygen atoms in total. The maximum Gasteiger partial charge on any atom is 0.328 e. The number of carbonyl (C=O) groups is 2. The number of carbonyl (C=O) groups excluding carboxylic acids is 1. The highest BCUT2D eigenvalue weighted by atomic mass is 16.4. The van der Waals surface area contributed by atoms with Gasteiger partial charge in [-0.15, -0.1) is 0 Å². The highest BCUT2D eigenvalue weighted by Gasteiger charge is 2.25. The molecule has 2 N–H and O–H groups in total. The molecule has 1 unspecified atom stereocenters. The first-order chi connectivity index (χ1) is 9.63. The highest BCUT2D eigenvalue weighted by Crippen LogP contribution is 2.19. The fraction of sp³-hybridized carbons (Fsp3) is 0.125. The number of benzene rings is 2. The molecule has 1 atom stereocenters. The summed E-state index contributed by atoms with van der Waals surface area (Å²) >= 11 is 0. The summed E-state index contributed by atoms with van der Waals surface area (Å²) in [7, 11) is 1.45. The van der Waals surface area contributed by atoms with Crippen LogP contribution in [0.1, 0.15) is 10.4 Å². The van der Waals surface area contributed by atoms with Gasteiger partial charge in [-0.25, -0.2) is 0 Å². The molecule has 0 saturated carbocycles. The third-order valence-electron chi connectivity index (χ3n) is 3.07. The molecule has 0 bridgehead atoms. The quantitative estimate of drug-likeness (QED) is 0.645. The molecule has 0 fully saturated rings. The third-order valence-corrected chi connectivity index (χ3v) is 3.07. The van der Waals surface area contributed by atoms with Gasteiger partial charge in [0.25, 0.3) is 0 Å². The summed E-state index contributed by atoms with van der Waals surface area (Å²) in [5, 5.41) is 11.5. The van der Waals surface area contributed by atoms with Crippen molar-refractivity contribution in [2.75, 3.05) is 7.05 Å². The Morgan fingerprint density at radius 1 is 0.950 bits per heavy atom. The van der Waals surface area contributed by atoms with Gasteiger partial charge in [0.1, 0.15) is 0 Å². The smallest absolute Gasteiger partial charge is 0.328 e. The summed E-state index contributed by atoms with van der Waals surface area (Å²) in [6, 6.07) is 15.5. The van der Waals surface area contributed by atoms with E-state index in [4.69, 9.17) is 5.11 Å². The van der Waals surface area contributed by atoms with Crippen LogP contribution in [0.2, 0.25) is 0 Å². The lowest BCUT2D eigenvalue weighted by Gasteiger charge is -2.10. The number of aliphatic carboxylic acids is 1. The van der Waals surface area contributed by atoms with Crippen molar-refractivity contribution >= 4 is 11.8 Å². The zero-order valence-corrected chi connectivity index (χ0v) is 11.0. The molecule has 2 aromatic carbocycles. The summed E-state index contributed by atoms with van der Waals surface area (Å²) in [5.41, 5.74) is 2.42. The largest absolute Gasteiger partial charge is 0.480 e. The molecule has 2 rings (SSSR count). The van der Waals surface area contributed by atoms with Crippen molar-refractivity contribution in [2.45, 2.75) is 6.04 Å². The minimum absolute atomic E-state index is 0.381. The zero-order valence-electron chi connectivity index (χ0n) is 11.0. The second-order valence-corrected chi connectivity index (χ2v) is 4.37. The Kier molecular flexibility index (Phi) is 4.27. The lowest BCUT2D eigenvalue weighted by atomic mass is 10.00.